The highest BCUT2D eigenvalue weighted by Crippen LogP contribution is 2.17. The predicted octanol–water partition coefficient (Wildman–Crippen LogP) is 2.21. The van der Waals surface area contributed by atoms with Crippen molar-refractivity contribution in [1.29, 1.82) is 0 Å². The van der Waals surface area contributed by atoms with E-state index >= 15 is 0 Å². The van der Waals surface area contributed by atoms with Crippen molar-refractivity contribution in [1.82, 2.24) is 0 Å². The van der Waals surface area contributed by atoms with Crippen LogP contribution in [0, 0.1) is 0 Å². The molecule has 0 N–H and O–H groups in total. The first-order valence-electron chi connectivity index (χ1n) is 4.62. The molecule has 0 amide bonds. The Hall–Kier alpha value is -0.740. The highest BCUT2D eigenvalue weighted by Gasteiger charge is 2.16. The van der Waals surface area contributed by atoms with E-state index in [0.29, 0.717) is 5.69 Å². The minimum absolute atomic E-state index is 0.404. The fraction of sp³-hybridized carbons (Fsp3) is 0.400. The monoisotopic (exact) mass is 247 g/mol. The van der Waals surface area contributed by atoms with Crippen LogP contribution in [0.25, 0.3) is 0 Å². The molecule has 0 heterocycles. The van der Waals surface area contributed by atoms with Crippen molar-refractivity contribution in [3.63, 3.8) is 0 Å². The molecule has 0 aliphatic heterocycles. The molecule has 0 bridgehead atoms. The minimum Gasteiger partial charge on any atom is -0.272 e. The van der Waals surface area contributed by atoms with Crippen molar-refractivity contribution >= 4 is 27.3 Å². The molecule has 5 heteroatoms. The first-order valence-corrected chi connectivity index (χ1v) is 6.77. The highest BCUT2D eigenvalue weighted by molar-refractivity contribution is 7.93. The molecular formula is C10H14ClNO2S. The average Bonchev–Trinajstić information content (AvgIpc) is 2.28. The van der Waals surface area contributed by atoms with E-state index in [1.165, 1.54) is 16.9 Å². The smallest absolute Gasteiger partial charge is 0.248 e. The lowest BCUT2D eigenvalue weighted by molar-refractivity contribution is 0.599. The van der Waals surface area contributed by atoms with Crippen LogP contribution in [0.15, 0.2) is 24.3 Å². The zero-order valence-electron chi connectivity index (χ0n) is 8.77. The first-order chi connectivity index (χ1) is 7.01. The Morgan fingerprint density at radius 3 is 2.20 bits per heavy atom. The summed E-state index contributed by atoms with van der Waals surface area (Å²) in [4.78, 5) is 0. The average molecular weight is 248 g/mol. The van der Waals surface area contributed by atoms with Gasteiger partial charge in [-0.15, -0.1) is 11.6 Å². The third-order valence-electron chi connectivity index (χ3n) is 2.26. The fourth-order valence-electron chi connectivity index (χ4n) is 1.18. The summed E-state index contributed by atoms with van der Waals surface area (Å²) in [6.07, 6.45) is 0.937. The van der Waals surface area contributed by atoms with Gasteiger partial charge in [-0.25, -0.2) is 8.42 Å². The maximum absolute atomic E-state index is 11.4. The van der Waals surface area contributed by atoms with Gasteiger partial charge >= 0.3 is 0 Å². The van der Waals surface area contributed by atoms with Crippen LogP contribution in [0.3, 0.4) is 0 Å². The van der Waals surface area contributed by atoms with Crippen LogP contribution in [0.1, 0.15) is 12.5 Å². The number of anilines is 1. The Morgan fingerprint density at radius 1 is 1.27 bits per heavy atom. The van der Waals surface area contributed by atoms with E-state index in [-0.39, 0.29) is 0 Å². The maximum atomic E-state index is 11.4. The molecular weight excluding hydrogens is 234 g/mol. The van der Waals surface area contributed by atoms with Gasteiger partial charge in [0.15, 0.2) is 0 Å². The molecule has 0 spiro atoms. The van der Waals surface area contributed by atoms with Crippen LogP contribution in [0.2, 0.25) is 0 Å². The second-order valence-corrected chi connectivity index (χ2v) is 5.79. The zero-order valence-corrected chi connectivity index (χ0v) is 10.3. The van der Waals surface area contributed by atoms with Crippen molar-refractivity contribution in [3.8, 4) is 0 Å². The summed E-state index contributed by atoms with van der Waals surface area (Å²) in [5.74, 6) is 0. The normalized spacial score (nSPS) is 11.4. The summed E-state index contributed by atoms with van der Waals surface area (Å²) >= 11 is 5.37. The van der Waals surface area contributed by atoms with Gasteiger partial charge in [-0.3, -0.25) is 4.31 Å². The number of alkyl halides is 1. The van der Waals surface area contributed by atoms with E-state index in [9.17, 15) is 8.42 Å². The molecule has 0 aliphatic carbocycles. The zero-order chi connectivity index (χ0) is 11.5. The van der Waals surface area contributed by atoms with Gasteiger partial charge in [0.2, 0.25) is 10.0 Å². The Labute approximate surface area is 95.7 Å². The second kappa shape index (κ2) is 4.86. The van der Waals surface area contributed by atoms with Crippen molar-refractivity contribution in [2.24, 2.45) is 0 Å². The van der Waals surface area contributed by atoms with Gasteiger partial charge in [-0.05, 0) is 24.1 Å². The molecule has 0 saturated carbocycles. The van der Waals surface area contributed by atoms with E-state index in [1.54, 1.807) is 12.1 Å². The van der Waals surface area contributed by atoms with Crippen LogP contribution < -0.4 is 4.31 Å². The van der Waals surface area contributed by atoms with Crippen molar-refractivity contribution in [3.05, 3.63) is 29.8 Å². The molecule has 1 aromatic carbocycles. The number of sulfonamides is 1. The summed E-state index contributed by atoms with van der Waals surface area (Å²) in [7, 11) is -1.87. The van der Waals surface area contributed by atoms with Gasteiger partial charge < -0.3 is 0 Å². The standard InChI is InChI=1S/C10H14ClNO2S/c1-3-9-4-6-10(7-5-9)12(2)15(13,14)8-11/h4-7H,3,8H2,1-2H3. The van der Waals surface area contributed by atoms with Crippen LogP contribution in [0.4, 0.5) is 5.69 Å². The number of benzene rings is 1. The lowest BCUT2D eigenvalue weighted by atomic mass is 10.1. The molecule has 0 saturated heterocycles. The van der Waals surface area contributed by atoms with Gasteiger partial charge in [0, 0.05) is 7.05 Å². The van der Waals surface area contributed by atoms with Crippen molar-refractivity contribution < 1.29 is 8.42 Å². The topological polar surface area (TPSA) is 37.4 Å². The van der Waals surface area contributed by atoms with Crippen LogP contribution >= 0.6 is 11.6 Å². The van der Waals surface area contributed by atoms with Crippen molar-refractivity contribution in [2.75, 3.05) is 16.6 Å². The van der Waals surface area contributed by atoms with Gasteiger partial charge in [-0.2, -0.15) is 0 Å². The van der Waals surface area contributed by atoms with Crippen LogP contribution in [-0.4, -0.2) is 20.7 Å². The van der Waals surface area contributed by atoms with Crippen molar-refractivity contribution in [2.45, 2.75) is 13.3 Å². The lowest BCUT2D eigenvalue weighted by Crippen LogP contribution is -2.27. The molecule has 0 radical (unpaired) electrons. The molecule has 84 valence electrons. The molecule has 1 rings (SSSR count). The molecule has 1 aromatic rings. The first kappa shape index (κ1) is 12.3. The van der Waals surface area contributed by atoms with Crippen LogP contribution in [-0.2, 0) is 16.4 Å². The molecule has 0 aliphatic rings. The molecule has 3 nitrogen and oxygen atoms in total. The number of hydrogen-bond donors (Lipinski definition) is 0. The van der Waals surface area contributed by atoms with Gasteiger partial charge in [0.1, 0.15) is 5.21 Å². The van der Waals surface area contributed by atoms with Crippen LogP contribution in [0.5, 0.6) is 0 Å². The Balaban J connectivity index is 2.97. The molecule has 0 unspecified atom stereocenters. The summed E-state index contributed by atoms with van der Waals surface area (Å²) < 4.78 is 24.1. The molecule has 0 aromatic heterocycles. The van der Waals surface area contributed by atoms with Gasteiger partial charge in [0.25, 0.3) is 0 Å². The maximum Gasteiger partial charge on any atom is 0.248 e. The SMILES string of the molecule is CCc1ccc(N(C)S(=O)(=O)CCl)cc1. The molecule has 0 atom stereocenters. The summed E-state index contributed by atoms with van der Waals surface area (Å²) in [5, 5.41) is -0.404. The lowest BCUT2D eigenvalue weighted by Gasteiger charge is -2.17. The van der Waals surface area contributed by atoms with Gasteiger partial charge in [-0.1, -0.05) is 19.1 Å². The second-order valence-electron chi connectivity index (χ2n) is 3.21. The number of hydrogen-bond acceptors (Lipinski definition) is 2. The Bertz CT molecular complexity index is 414. The summed E-state index contributed by atoms with van der Waals surface area (Å²) in [6, 6.07) is 7.39. The highest BCUT2D eigenvalue weighted by atomic mass is 35.5. The Morgan fingerprint density at radius 2 is 1.80 bits per heavy atom. The van der Waals surface area contributed by atoms with E-state index in [4.69, 9.17) is 11.6 Å². The molecule has 0 fully saturated rings. The van der Waals surface area contributed by atoms with Gasteiger partial charge in [0.05, 0.1) is 5.69 Å². The minimum atomic E-state index is -3.37. The predicted molar refractivity (Wildman–Crippen MR) is 63.9 cm³/mol. The quantitative estimate of drug-likeness (QED) is 0.765. The third kappa shape index (κ3) is 2.86. The van der Waals surface area contributed by atoms with E-state index < -0.39 is 15.2 Å². The largest absolute Gasteiger partial charge is 0.272 e. The van der Waals surface area contributed by atoms with E-state index in [0.717, 1.165) is 6.42 Å². The number of rotatable bonds is 4. The molecule has 15 heavy (non-hydrogen) atoms. The number of nitrogens with zero attached hydrogens (tertiary/aromatic N) is 1. The third-order valence-corrected chi connectivity index (χ3v) is 4.41. The Kier molecular flexibility index (Phi) is 3.99. The van der Waals surface area contributed by atoms with E-state index in [2.05, 4.69) is 0 Å². The fourth-order valence-corrected chi connectivity index (χ4v) is 2.20. The summed E-state index contributed by atoms with van der Waals surface area (Å²) in [5.41, 5.74) is 1.81. The van der Waals surface area contributed by atoms with E-state index in [1.807, 2.05) is 19.1 Å². The number of halogens is 1. The number of aryl methyl sites for hydroxylation is 1. The summed E-state index contributed by atoms with van der Waals surface area (Å²) in [6.45, 7) is 2.05.